The molecule has 2 saturated carbocycles. The zero-order chi connectivity index (χ0) is 17.6. The normalized spacial score (nSPS) is 25.2. The van der Waals surface area contributed by atoms with Crippen LogP contribution < -0.4 is 10.6 Å². The lowest BCUT2D eigenvalue weighted by atomic mass is 9.79. The van der Waals surface area contributed by atoms with E-state index in [4.69, 9.17) is 4.99 Å². The van der Waals surface area contributed by atoms with Gasteiger partial charge in [0.25, 0.3) is 0 Å². The largest absolute Gasteiger partial charge is 0.396 e. The number of hydrogen-bond acceptors (Lipinski definition) is 3. The average molecular weight is 478 g/mol. The Morgan fingerprint density at radius 3 is 2.19 bits per heavy atom. The molecule has 3 fully saturated rings. The molecule has 0 aromatic heterocycles. The van der Waals surface area contributed by atoms with E-state index >= 15 is 0 Å². The standard InChI is InChI=1S/C20H38N4O.HI/c1-2-21-18(22-15-19(17-25)11-12-19)23-16-20(9-5-3-6-10-20)24-13-7-4-8-14-24;/h25H,2-17H2,1H3,(H2,21,22,23);1H. The van der Waals surface area contributed by atoms with Crippen LogP contribution in [0.25, 0.3) is 0 Å². The highest BCUT2D eigenvalue weighted by molar-refractivity contribution is 14.0. The molecule has 0 amide bonds. The molecule has 2 aliphatic carbocycles. The first-order valence-corrected chi connectivity index (χ1v) is 10.6. The van der Waals surface area contributed by atoms with Gasteiger partial charge >= 0.3 is 0 Å². The molecule has 5 nitrogen and oxygen atoms in total. The van der Waals surface area contributed by atoms with Crippen molar-refractivity contribution in [1.82, 2.24) is 15.5 Å². The molecule has 3 N–H and O–H groups in total. The number of halogens is 1. The van der Waals surface area contributed by atoms with Crippen LogP contribution in [0.15, 0.2) is 4.99 Å². The second-order valence-corrected chi connectivity index (χ2v) is 8.54. The van der Waals surface area contributed by atoms with Crippen LogP contribution >= 0.6 is 24.0 Å². The summed E-state index contributed by atoms with van der Waals surface area (Å²) in [6.07, 6.45) is 13.1. The Kier molecular flexibility index (Phi) is 8.94. The summed E-state index contributed by atoms with van der Waals surface area (Å²) in [4.78, 5) is 7.58. The second kappa shape index (κ2) is 10.5. The fraction of sp³-hybridized carbons (Fsp3) is 0.950. The van der Waals surface area contributed by atoms with Gasteiger partial charge in [-0.15, -0.1) is 24.0 Å². The Morgan fingerprint density at radius 1 is 0.962 bits per heavy atom. The minimum atomic E-state index is 0. The van der Waals surface area contributed by atoms with E-state index in [2.05, 4.69) is 22.5 Å². The zero-order valence-corrected chi connectivity index (χ0v) is 18.9. The van der Waals surface area contributed by atoms with Gasteiger partial charge in [0.2, 0.25) is 0 Å². The Morgan fingerprint density at radius 2 is 1.62 bits per heavy atom. The van der Waals surface area contributed by atoms with Crippen LogP contribution in [0.3, 0.4) is 0 Å². The molecule has 1 saturated heterocycles. The molecule has 0 unspecified atom stereocenters. The molecule has 1 aliphatic heterocycles. The van der Waals surface area contributed by atoms with Gasteiger partial charge in [0, 0.05) is 24.0 Å². The molecule has 0 radical (unpaired) electrons. The monoisotopic (exact) mass is 478 g/mol. The average Bonchev–Trinajstić information content (AvgIpc) is 3.46. The number of guanidine groups is 1. The van der Waals surface area contributed by atoms with Crippen molar-refractivity contribution in [1.29, 1.82) is 0 Å². The molecule has 6 heteroatoms. The first-order valence-electron chi connectivity index (χ1n) is 10.6. The van der Waals surface area contributed by atoms with Gasteiger partial charge in [0.05, 0.1) is 13.2 Å². The van der Waals surface area contributed by atoms with E-state index in [0.717, 1.165) is 38.4 Å². The smallest absolute Gasteiger partial charge is 0.191 e. The third-order valence-electron chi connectivity index (χ3n) is 6.61. The van der Waals surface area contributed by atoms with Crippen LogP contribution in [0, 0.1) is 5.41 Å². The Balaban J connectivity index is 0.00000243. The summed E-state index contributed by atoms with van der Waals surface area (Å²) in [6, 6.07) is 0. The van der Waals surface area contributed by atoms with Crippen LogP contribution in [0.4, 0.5) is 0 Å². The van der Waals surface area contributed by atoms with E-state index in [1.54, 1.807) is 0 Å². The summed E-state index contributed by atoms with van der Waals surface area (Å²) < 4.78 is 0. The van der Waals surface area contributed by atoms with E-state index in [1.807, 2.05) is 0 Å². The minimum Gasteiger partial charge on any atom is -0.396 e. The van der Waals surface area contributed by atoms with Crippen LogP contribution in [-0.4, -0.2) is 60.8 Å². The quantitative estimate of drug-likeness (QED) is 0.299. The zero-order valence-electron chi connectivity index (χ0n) is 16.6. The molecule has 3 rings (SSSR count). The lowest BCUT2D eigenvalue weighted by Gasteiger charge is -2.48. The first kappa shape index (κ1) is 22.2. The van der Waals surface area contributed by atoms with Gasteiger partial charge in [-0.25, -0.2) is 0 Å². The summed E-state index contributed by atoms with van der Waals surface area (Å²) in [5.41, 5.74) is 0.404. The molecule has 3 aliphatic rings. The van der Waals surface area contributed by atoms with Gasteiger partial charge in [-0.1, -0.05) is 25.7 Å². The van der Waals surface area contributed by atoms with Crippen molar-refractivity contribution in [3.05, 3.63) is 0 Å². The van der Waals surface area contributed by atoms with Crippen LogP contribution in [0.1, 0.15) is 71.1 Å². The summed E-state index contributed by atoms with van der Waals surface area (Å²) in [6.45, 7) is 7.56. The highest BCUT2D eigenvalue weighted by atomic mass is 127. The number of nitrogens with zero attached hydrogens (tertiary/aromatic N) is 2. The summed E-state index contributed by atoms with van der Waals surface area (Å²) in [7, 11) is 0. The van der Waals surface area contributed by atoms with Gasteiger partial charge < -0.3 is 15.7 Å². The number of hydrogen-bond donors (Lipinski definition) is 3. The van der Waals surface area contributed by atoms with Gasteiger partial charge in [-0.2, -0.15) is 0 Å². The van der Waals surface area contributed by atoms with Gasteiger partial charge in [-0.05, 0) is 58.5 Å². The predicted octanol–water partition coefficient (Wildman–Crippen LogP) is 3.12. The van der Waals surface area contributed by atoms with Crippen molar-refractivity contribution in [3.8, 4) is 0 Å². The van der Waals surface area contributed by atoms with Crippen LogP contribution in [0.5, 0.6) is 0 Å². The third kappa shape index (κ3) is 5.71. The number of aliphatic hydroxyl groups is 1. The highest BCUT2D eigenvalue weighted by Gasteiger charge is 2.42. The van der Waals surface area contributed by atoms with E-state index in [1.165, 1.54) is 64.5 Å². The number of rotatable bonds is 7. The molecule has 0 bridgehead atoms. The molecule has 26 heavy (non-hydrogen) atoms. The van der Waals surface area contributed by atoms with Crippen molar-refractivity contribution in [2.75, 3.05) is 39.3 Å². The maximum atomic E-state index is 9.53. The fourth-order valence-corrected chi connectivity index (χ4v) is 4.56. The number of nitrogens with one attached hydrogen (secondary N) is 2. The minimum absolute atomic E-state index is 0. The second-order valence-electron chi connectivity index (χ2n) is 8.54. The lowest BCUT2D eigenvalue weighted by molar-refractivity contribution is 0.0368. The maximum Gasteiger partial charge on any atom is 0.191 e. The summed E-state index contributed by atoms with van der Waals surface area (Å²) in [5.74, 6) is 0.934. The van der Waals surface area contributed by atoms with Crippen molar-refractivity contribution in [2.45, 2.75) is 76.7 Å². The molecule has 1 heterocycles. The van der Waals surface area contributed by atoms with E-state index in [0.29, 0.717) is 5.54 Å². The van der Waals surface area contributed by atoms with Crippen molar-refractivity contribution < 1.29 is 5.11 Å². The van der Waals surface area contributed by atoms with E-state index in [9.17, 15) is 5.11 Å². The van der Waals surface area contributed by atoms with Gasteiger partial charge in [0.15, 0.2) is 5.96 Å². The predicted molar refractivity (Wildman–Crippen MR) is 119 cm³/mol. The fourth-order valence-electron chi connectivity index (χ4n) is 4.56. The van der Waals surface area contributed by atoms with Gasteiger partial charge in [-0.3, -0.25) is 9.89 Å². The Bertz CT molecular complexity index is 441. The number of aliphatic imine (C=N–C) groups is 1. The molecule has 152 valence electrons. The lowest BCUT2D eigenvalue weighted by Crippen LogP contribution is -2.59. The number of aliphatic hydroxyl groups excluding tert-OH is 1. The topological polar surface area (TPSA) is 59.9 Å². The Hall–Kier alpha value is -0.0800. The SMILES string of the molecule is CCNC(=NCC1(CO)CC1)NCC1(N2CCCCC2)CCCCC1.I. The van der Waals surface area contributed by atoms with Crippen LogP contribution in [-0.2, 0) is 0 Å². The number of likely N-dealkylation sites (tertiary alicyclic amines) is 1. The molecule has 0 aromatic rings. The van der Waals surface area contributed by atoms with E-state index < -0.39 is 0 Å². The maximum absolute atomic E-state index is 9.53. The Labute approximate surface area is 176 Å². The molecule has 0 aromatic carbocycles. The van der Waals surface area contributed by atoms with Crippen molar-refractivity contribution >= 4 is 29.9 Å². The summed E-state index contributed by atoms with van der Waals surface area (Å²) >= 11 is 0. The molecular formula is C20H39IN4O. The van der Waals surface area contributed by atoms with Crippen molar-refractivity contribution in [2.24, 2.45) is 10.4 Å². The first-order chi connectivity index (χ1) is 12.2. The third-order valence-corrected chi connectivity index (χ3v) is 6.61. The highest BCUT2D eigenvalue weighted by Crippen LogP contribution is 2.45. The van der Waals surface area contributed by atoms with Gasteiger partial charge in [0.1, 0.15) is 0 Å². The number of piperidine rings is 1. The van der Waals surface area contributed by atoms with Crippen molar-refractivity contribution in [3.63, 3.8) is 0 Å². The van der Waals surface area contributed by atoms with E-state index in [-0.39, 0.29) is 36.0 Å². The molecule has 0 atom stereocenters. The van der Waals surface area contributed by atoms with Crippen LogP contribution in [0.2, 0.25) is 0 Å². The summed E-state index contributed by atoms with van der Waals surface area (Å²) in [5, 5.41) is 16.6. The molecular weight excluding hydrogens is 439 g/mol. The molecule has 0 spiro atoms.